The van der Waals surface area contributed by atoms with Gasteiger partial charge in [0.05, 0.1) is 22.0 Å². The van der Waals surface area contributed by atoms with Crippen LogP contribution in [0.5, 0.6) is 0 Å². The first kappa shape index (κ1) is 20.9. The van der Waals surface area contributed by atoms with Crippen molar-refractivity contribution in [2.24, 2.45) is 7.05 Å². The lowest BCUT2D eigenvalue weighted by Gasteiger charge is -2.20. The summed E-state index contributed by atoms with van der Waals surface area (Å²) in [5, 5.41) is 1.39. The number of thioether (sulfide) groups is 1. The highest BCUT2D eigenvalue weighted by Gasteiger charge is 2.22. The average molecular weight is 468 g/mol. The molecule has 0 radical (unpaired) electrons. The molecule has 0 atom stereocenters. The maximum absolute atomic E-state index is 13.0. The largest absolute Gasteiger partial charge is 0.337 e. The van der Waals surface area contributed by atoms with Gasteiger partial charge in [-0.1, -0.05) is 23.4 Å². The predicted octanol–water partition coefficient (Wildman–Crippen LogP) is 4.73. The third kappa shape index (κ3) is 4.26. The summed E-state index contributed by atoms with van der Waals surface area (Å²) in [6, 6.07) is 3.80. The molecule has 3 aromatic rings. The molecule has 3 aromatic heterocycles. The third-order valence-corrected chi connectivity index (χ3v) is 8.61. The van der Waals surface area contributed by atoms with Gasteiger partial charge in [-0.15, -0.1) is 22.7 Å². The van der Waals surface area contributed by atoms with Gasteiger partial charge in [0, 0.05) is 23.3 Å². The number of carbonyl (C=O) groups is 1. The second-order valence-corrected chi connectivity index (χ2v) is 10.9. The van der Waals surface area contributed by atoms with E-state index in [1.54, 1.807) is 27.9 Å². The molecule has 0 N–H and O–H groups in total. The zero-order valence-electron chi connectivity index (χ0n) is 16.4. The Bertz CT molecular complexity index is 1120. The summed E-state index contributed by atoms with van der Waals surface area (Å²) >= 11 is 10.5. The van der Waals surface area contributed by atoms with Crippen LogP contribution in [0.2, 0.25) is 4.34 Å². The molecule has 0 saturated heterocycles. The van der Waals surface area contributed by atoms with Crippen LogP contribution in [-0.4, -0.2) is 32.7 Å². The Morgan fingerprint density at radius 2 is 2.10 bits per heavy atom. The molecule has 29 heavy (non-hydrogen) atoms. The summed E-state index contributed by atoms with van der Waals surface area (Å²) in [5.41, 5.74) is 1.20. The maximum atomic E-state index is 13.0. The number of rotatable bonds is 6. The van der Waals surface area contributed by atoms with Crippen LogP contribution in [0.1, 0.15) is 35.1 Å². The van der Waals surface area contributed by atoms with E-state index in [1.807, 2.05) is 19.1 Å². The number of fused-ring (bicyclic) bond motifs is 3. The number of aromatic nitrogens is 2. The first-order chi connectivity index (χ1) is 14.0. The molecule has 0 aliphatic heterocycles. The third-order valence-electron chi connectivity index (χ3n) is 5.19. The Labute approximate surface area is 186 Å². The molecular formula is C20H22ClN3O2S3. The highest BCUT2D eigenvalue weighted by atomic mass is 35.5. The van der Waals surface area contributed by atoms with Crippen molar-refractivity contribution in [3.63, 3.8) is 0 Å². The first-order valence-corrected chi connectivity index (χ1v) is 12.6. The van der Waals surface area contributed by atoms with Crippen LogP contribution in [0.4, 0.5) is 0 Å². The zero-order chi connectivity index (χ0) is 20.5. The normalized spacial score (nSPS) is 13.6. The van der Waals surface area contributed by atoms with Crippen molar-refractivity contribution in [1.29, 1.82) is 0 Å². The van der Waals surface area contributed by atoms with Crippen molar-refractivity contribution in [3.8, 4) is 0 Å². The van der Waals surface area contributed by atoms with E-state index < -0.39 is 0 Å². The topological polar surface area (TPSA) is 55.2 Å². The van der Waals surface area contributed by atoms with Gasteiger partial charge in [0.25, 0.3) is 5.56 Å². The summed E-state index contributed by atoms with van der Waals surface area (Å²) in [5.74, 6) is 0.283. The van der Waals surface area contributed by atoms with Crippen LogP contribution in [0.3, 0.4) is 0 Å². The Balaban J connectivity index is 1.52. The van der Waals surface area contributed by atoms with Gasteiger partial charge < -0.3 is 4.90 Å². The molecule has 0 saturated carbocycles. The Morgan fingerprint density at radius 1 is 1.31 bits per heavy atom. The van der Waals surface area contributed by atoms with E-state index in [2.05, 4.69) is 0 Å². The minimum Gasteiger partial charge on any atom is -0.337 e. The van der Waals surface area contributed by atoms with Gasteiger partial charge in [-0.25, -0.2) is 4.98 Å². The monoisotopic (exact) mass is 467 g/mol. The van der Waals surface area contributed by atoms with E-state index in [4.69, 9.17) is 16.6 Å². The molecular weight excluding hydrogens is 446 g/mol. The molecule has 1 aliphatic carbocycles. The van der Waals surface area contributed by atoms with Crippen molar-refractivity contribution in [2.45, 2.75) is 44.3 Å². The predicted molar refractivity (Wildman–Crippen MR) is 123 cm³/mol. The van der Waals surface area contributed by atoms with Crippen LogP contribution in [0.25, 0.3) is 10.2 Å². The van der Waals surface area contributed by atoms with E-state index in [-0.39, 0.29) is 17.2 Å². The van der Waals surface area contributed by atoms with Crippen molar-refractivity contribution in [1.82, 2.24) is 14.5 Å². The highest BCUT2D eigenvalue weighted by Crippen LogP contribution is 2.34. The molecule has 0 unspecified atom stereocenters. The van der Waals surface area contributed by atoms with Crippen LogP contribution < -0.4 is 5.56 Å². The van der Waals surface area contributed by atoms with E-state index in [9.17, 15) is 9.59 Å². The molecule has 5 nitrogen and oxygen atoms in total. The van der Waals surface area contributed by atoms with E-state index >= 15 is 0 Å². The zero-order valence-corrected chi connectivity index (χ0v) is 19.6. The SMILES string of the molecule is CCN(Cc1ccc(Cl)s1)C(=O)CSc1nc2sc3c(c2c(=O)n1C)CCCC3. The van der Waals surface area contributed by atoms with Crippen LogP contribution in [-0.2, 0) is 31.2 Å². The van der Waals surface area contributed by atoms with Crippen LogP contribution in [0.15, 0.2) is 22.1 Å². The van der Waals surface area contributed by atoms with E-state index in [0.29, 0.717) is 18.2 Å². The molecule has 4 rings (SSSR count). The minimum atomic E-state index is 0.00456. The molecule has 9 heteroatoms. The number of nitrogens with zero attached hydrogens (tertiary/aromatic N) is 3. The number of thiophene rings is 2. The fraction of sp³-hybridized carbons (Fsp3) is 0.450. The molecule has 3 heterocycles. The second-order valence-electron chi connectivity index (χ2n) is 7.05. The fourth-order valence-corrected chi connectivity index (χ4v) is 6.90. The van der Waals surface area contributed by atoms with Gasteiger partial charge >= 0.3 is 0 Å². The van der Waals surface area contributed by atoms with Gasteiger partial charge in [0.2, 0.25) is 5.91 Å². The first-order valence-electron chi connectivity index (χ1n) is 9.64. The van der Waals surface area contributed by atoms with Gasteiger partial charge in [-0.05, 0) is 50.3 Å². The number of hydrogen-bond acceptors (Lipinski definition) is 6. The Kier molecular flexibility index (Phi) is 6.34. The maximum Gasteiger partial charge on any atom is 0.262 e. The Morgan fingerprint density at radius 3 is 2.83 bits per heavy atom. The van der Waals surface area contributed by atoms with Crippen molar-refractivity contribution in [3.05, 3.63) is 42.1 Å². The van der Waals surface area contributed by atoms with Gasteiger partial charge in [0.15, 0.2) is 5.16 Å². The summed E-state index contributed by atoms with van der Waals surface area (Å²) in [7, 11) is 1.75. The second kappa shape index (κ2) is 8.79. The lowest BCUT2D eigenvalue weighted by molar-refractivity contribution is -0.128. The summed E-state index contributed by atoms with van der Waals surface area (Å²) in [6.07, 6.45) is 4.32. The van der Waals surface area contributed by atoms with Crippen LogP contribution >= 0.6 is 46.0 Å². The lowest BCUT2D eigenvalue weighted by atomic mass is 9.97. The number of halogens is 1. The standard InChI is InChI=1S/C20H22ClN3O2S3/c1-3-24(10-12-8-9-15(21)28-12)16(25)11-27-20-22-18-17(19(26)23(20)2)13-6-4-5-7-14(13)29-18/h8-9H,3-7,10-11H2,1-2H3. The molecule has 1 aliphatic rings. The quantitative estimate of drug-likeness (QED) is 0.388. The summed E-state index contributed by atoms with van der Waals surface area (Å²) in [6.45, 7) is 3.14. The smallest absolute Gasteiger partial charge is 0.262 e. The average Bonchev–Trinajstić information content (AvgIpc) is 3.30. The van der Waals surface area contributed by atoms with Crippen molar-refractivity contribution >= 4 is 62.2 Å². The number of amides is 1. The Hall–Kier alpha value is -1.35. The summed E-state index contributed by atoms with van der Waals surface area (Å²) < 4.78 is 2.32. The van der Waals surface area contributed by atoms with E-state index in [1.165, 1.54) is 40.0 Å². The number of hydrogen-bond donors (Lipinski definition) is 0. The molecule has 0 aromatic carbocycles. The molecule has 1 amide bonds. The summed E-state index contributed by atoms with van der Waals surface area (Å²) in [4.78, 5) is 35.4. The highest BCUT2D eigenvalue weighted by molar-refractivity contribution is 7.99. The minimum absolute atomic E-state index is 0.00456. The van der Waals surface area contributed by atoms with E-state index in [0.717, 1.165) is 38.7 Å². The van der Waals surface area contributed by atoms with Crippen LogP contribution in [0, 0.1) is 0 Å². The van der Waals surface area contributed by atoms with Gasteiger partial charge in [-0.3, -0.25) is 14.2 Å². The molecule has 154 valence electrons. The number of aryl methyl sites for hydroxylation is 2. The van der Waals surface area contributed by atoms with Crippen molar-refractivity contribution in [2.75, 3.05) is 12.3 Å². The fourth-order valence-electron chi connectivity index (χ4n) is 3.62. The molecule has 0 spiro atoms. The lowest BCUT2D eigenvalue weighted by Crippen LogP contribution is -2.31. The number of carbonyl (C=O) groups excluding carboxylic acids is 1. The van der Waals surface area contributed by atoms with Gasteiger partial charge in [0.1, 0.15) is 4.83 Å². The molecule has 0 fully saturated rings. The molecule has 0 bridgehead atoms. The van der Waals surface area contributed by atoms with Gasteiger partial charge in [-0.2, -0.15) is 0 Å². The van der Waals surface area contributed by atoms with Crippen molar-refractivity contribution < 1.29 is 4.79 Å².